The number of piperidine rings is 1. The van der Waals surface area contributed by atoms with Gasteiger partial charge in [0.2, 0.25) is 0 Å². The number of carbonyl (C=O) groups is 1. The van der Waals surface area contributed by atoms with Crippen LogP contribution in [-0.2, 0) is 5.41 Å². The fourth-order valence-corrected chi connectivity index (χ4v) is 3.87. The highest BCUT2D eigenvalue weighted by molar-refractivity contribution is 7.09. The summed E-state index contributed by atoms with van der Waals surface area (Å²) >= 11 is 1.72. The standard InChI is InChI=1S/C19H24N2OS/c1-19(2,3)16-6-4-15(5-7-16)18(22)21-11-8-14(9-12-21)17-20-10-13-23-17/h4-7,10,13-14H,8-9,11-12H2,1-3H3. The van der Waals surface area contributed by atoms with Gasteiger partial charge in [0, 0.05) is 36.1 Å². The van der Waals surface area contributed by atoms with E-state index in [1.165, 1.54) is 10.6 Å². The van der Waals surface area contributed by atoms with Crippen molar-refractivity contribution in [2.75, 3.05) is 13.1 Å². The molecule has 1 saturated heterocycles. The van der Waals surface area contributed by atoms with E-state index in [0.29, 0.717) is 5.92 Å². The maximum absolute atomic E-state index is 12.7. The van der Waals surface area contributed by atoms with E-state index in [-0.39, 0.29) is 11.3 Å². The molecule has 0 spiro atoms. The van der Waals surface area contributed by atoms with E-state index < -0.39 is 0 Å². The first kappa shape index (κ1) is 16.2. The van der Waals surface area contributed by atoms with Gasteiger partial charge >= 0.3 is 0 Å². The van der Waals surface area contributed by atoms with Gasteiger partial charge in [-0.2, -0.15) is 0 Å². The van der Waals surface area contributed by atoms with Crippen molar-refractivity contribution in [2.45, 2.75) is 44.9 Å². The maximum Gasteiger partial charge on any atom is 0.253 e. The Balaban J connectivity index is 1.63. The van der Waals surface area contributed by atoms with Crippen LogP contribution < -0.4 is 0 Å². The maximum atomic E-state index is 12.7. The fourth-order valence-electron chi connectivity index (χ4n) is 3.06. The number of hydrogen-bond acceptors (Lipinski definition) is 3. The van der Waals surface area contributed by atoms with Gasteiger partial charge in [-0.3, -0.25) is 4.79 Å². The normalized spacial score (nSPS) is 16.6. The molecule has 0 bridgehead atoms. The number of thiazole rings is 1. The Kier molecular flexibility index (Phi) is 4.53. The monoisotopic (exact) mass is 328 g/mol. The quantitative estimate of drug-likeness (QED) is 0.815. The van der Waals surface area contributed by atoms with Crippen molar-refractivity contribution in [1.29, 1.82) is 0 Å². The van der Waals surface area contributed by atoms with Gasteiger partial charge in [-0.25, -0.2) is 4.98 Å². The average molecular weight is 328 g/mol. The summed E-state index contributed by atoms with van der Waals surface area (Å²) in [5.74, 6) is 0.672. The first-order valence-electron chi connectivity index (χ1n) is 8.24. The summed E-state index contributed by atoms with van der Waals surface area (Å²) in [6.07, 6.45) is 3.90. The van der Waals surface area contributed by atoms with Gasteiger partial charge in [-0.1, -0.05) is 32.9 Å². The largest absolute Gasteiger partial charge is 0.339 e. The van der Waals surface area contributed by atoms with Gasteiger partial charge < -0.3 is 4.90 Å². The minimum absolute atomic E-state index is 0.119. The third kappa shape index (κ3) is 3.63. The molecule has 0 atom stereocenters. The van der Waals surface area contributed by atoms with Crippen molar-refractivity contribution < 1.29 is 4.79 Å². The number of amides is 1. The number of hydrogen-bond donors (Lipinski definition) is 0. The third-order valence-electron chi connectivity index (χ3n) is 4.58. The highest BCUT2D eigenvalue weighted by Crippen LogP contribution is 2.30. The summed E-state index contributed by atoms with van der Waals surface area (Å²) < 4.78 is 0. The van der Waals surface area contributed by atoms with E-state index in [1.807, 2.05) is 28.6 Å². The van der Waals surface area contributed by atoms with Gasteiger partial charge in [-0.15, -0.1) is 11.3 Å². The van der Waals surface area contributed by atoms with Crippen LogP contribution in [0.1, 0.15) is 60.5 Å². The van der Waals surface area contributed by atoms with E-state index in [4.69, 9.17) is 0 Å². The van der Waals surface area contributed by atoms with Gasteiger partial charge in [0.05, 0.1) is 5.01 Å². The minimum atomic E-state index is 0.119. The molecular weight excluding hydrogens is 304 g/mol. The van der Waals surface area contributed by atoms with Crippen LogP contribution in [0.4, 0.5) is 0 Å². The smallest absolute Gasteiger partial charge is 0.253 e. The van der Waals surface area contributed by atoms with E-state index in [9.17, 15) is 4.79 Å². The highest BCUT2D eigenvalue weighted by Gasteiger charge is 2.26. The Morgan fingerprint density at radius 1 is 1.17 bits per heavy atom. The number of aromatic nitrogens is 1. The molecule has 1 fully saturated rings. The number of likely N-dealkylation sites (tertiary alicyclic amines) is 1. The summed E-state index contributed by atoms with van der Waals surface area (Å²) in [5.41, 5.74) is 2.18. The molecule has 0 unspecified atom stereocenters. The Hall–Kier alpha value is -1.68. The Bertz CT molecular complexity index is 648. The molecule has 23 heavy (non-hydrogen) atoms. The van der Waals surface area contributed by atoms with Crippen LogP contribution in [0.25, 0.3) is 0 Å². The van der Waals surface area contributed by atoms with Gasteiger partial charge in [-0.05, 0) is 36.0 Å². The van der Waals surface area contributed by atoms with Crippen molar-refractivity contribution in [3.63, 3.8) is 0 Å². The second-order valence-corrected chi connectivity index (χ2v) is 8.19. The first-order chi connectivity index (χ1) is 10.9. The van der Waals surface area contributed by atoms with E-state index in [2.05, 4.69) is 37.9 Å². The zero-order chi connectivity index (χ0) is 16.4. The Labute approximate surface area is 142 Å². The van der Waals surface area contributed by atoms with Gasteiger partial charge in [0.25, 0.3) is 5.91 Å². The molecule has 3 nitrogen and oxygen atoms in total. The predicted molar refractivity (Wildman–Crippen MR) is 95.1 cm³/mol. The second kappa shape index (κ2) is 6.44. The fraction of sp³-hybridized carbons (Fsp3) is 0.474. The topological polar surface area (TPSA) is 33.2 Å². The second-order valence-electron chi connectivity index (χ2n) is 7.26. The number of nitrogens with zero attached hydrogens (tertiary/aromatic N) is 2. The van der Waals surface area contributed by atoms with Crippen LogP contribution in [0.5, 0.6) is 0 Å². The lowest BCUT2D eigenvalue weighted by atomic mass is 9.86. The van der Waals surface area contributed by atoms with Crippen molar-refractivity contribution >= 4 is 17.2 Å². The van der Waals surface area contributed by atoms with E-state index >= 15 is 0 Å². The number of carbonyl (C=O) groups excluding carboxylic acids is 1. The minimum Gasteiger partial charge on any atom is -0.339 e. The molecule has 1 aliphatic heterocycles. The number of rotatable bonds is 2. The average Bonchev–Trinajstić information content (AvgIpc) is 3.08. The SMILES string of the molecule is CC(C)(C)c1ccc(C(=O)N2CCC(c3nccs3)CC2)cc1. The van der Waals surface area contributed by atoms with Crippen molar-refractivity contribution in [3.05, 3.63) is 52.0 Å². The highest BCUT2D eigenvalue weighted by atomic mass is 32.1. The van der Waals surface area contributed by atoms with Gasteiger partial charge in [0.15, 0.2) is 0 Å². The van der Waals surface area contributed by atoms with Crippen LogP contribution in [0, 0.1) is 0 Å². The summed E-state index contributed by atoms with van der Waals surface area (Å²) in [5, 5.41) is 3.25. The molecule has 2 aromatic rings. The molecule has 0 aliphatic carbocycles. The van der Waals surface area contributed by atoms with Crippen molar-refractivity contribution in [3.8, 4) is 0 Å². The predicted octanol–water partition coefficient (Wildman–Crippen LogP) is 4.46. The van der Waals surface area contributed by atoms with Crippen LogP contribution in [0.15, 0.2) is 35.8 Å². The Morgan fingerprint density at radius 2 is 1.83 bits per heavy atom. The molecular formula is C19H24N2OS. The molecule has 0 N–H and O–H groups in total. The zero-order valence-electron chi connectivity index (χ0n) is 14.1. The molecule has 4 heteroatoms. The summed E-state index contributed by atoms with van der Waals surface area (Å²) in [6, 6.07) is 8.09. The zero-order valence-corrected chi connectivity index (χ0v) is 14.9. The molecule has 122 valence electrons. The molecule has 2 heterocycles. The molecule has 0 saturated carbocycles. The van der Waals surface area contributed by atoms with Crippen LogP contribution in [0.3, 0.4) is 0 Å². The number of benzene rings is 1. The van der Waals surface area contributed by atoms with Crippen LogP contribution in [-0.4, -0.2) is 28.9 Å². The van der Waals surface area contributed by atoms with E-state index in [1.54, 1.807) is 11.3 Å². The van der Waals surface area contributed by atoms with Crippen LogP contribution >= 0.6 is 11.3 Å². The lowest BCUT2D eigenvalue weighted by molar-refractivity contribution is 0.0713. The summed E-state index contributed by atoms with van der Waals surface area (Å²) in [6.45, 7) is 8.21. The van der Waals surface area contributed by atoms with E-state index in [0.717, 1.165) is 31.5 Å². The lowest BCUT2D eigenvalue weighted by Crippen LogP contribution is -2.37. The molecule has 1 aromatic heterocycles. The lowest BCUT2D eigenvalue weighted by Gasteiger charge is -2.31. The molecule has 1 amide bonds. The van der Waals surface area contributed by atoms with Crippen LogP contribution in [0.2, 0.25) is 0 Å². The molecule has 1 aliphatic rings. The summed E-state index contributed by atoms with van der Waals surface area (Å²) in [4.78, 5) is 19.1. The van der Waals surface area contributed by atoms with Gasteiger partial charge in [0.1, 0.15) is 0 Å². The first-order valence-corrected chi connectivity index (χ1v) is 9.12. The molecule has 1 aromatic carbocycles. The summed E-state index contributed by atoms with van der Waals surface area (Å²) in [7, 11) is 0. The van der Waals surface area contributed by atoms with Crippen molar-refractivity contribution in [1.82, 2.24) is 9.88 Å². The van der Waals surface area contributed by atoms with Crippen molar-refractivity contribution in [2.24, 2.45) is 0 Å². The Morgan fingerprint density at radius 3 is 2.35 bits per heavy atom. The molecule has 3 rings (SSSR count). The third-order valence-corrected chi connectivity index (χ3v) is 5.52. The molecule has 0 radical (unpaired) electrons.